The van der Waals surface area contributed by atoms with E-state index in [2.05, 4.69) is 10.3 Å². The molecule has 3 N–H and O–H groups in total. The summed E-state index contributed by atoms with van der Waals surface area (Å²) in [5, 5.41) is 2.71. The topological polar surface area (TPSA) is 89.7 Å². The van der Waals surface area contributed by atoms with Gasteiger partial charge < -0.3 is 15.2 Å². The SMILES string of the molecule is Nc1ccc(Oc2ccnc3c2C2OCCCN2C(=O)N3)c(F)c1. The maximum atomic E-state index is 14.0. The van der Waals surface area contributed by atoms with Crippen LogP contribution in [0.3, 0.4) is 0 Å². The molecular formula is C16H15FN4O3. The van der Waals surface area contributed by atoms with Crippen LogP contribution in [0.15, 0.2) is 30.5 Å². The number of ether oxygens (including phenoxy) is 2. The molecule has 7 nitrogen and oxygen atoms in total. The summed E-state index contributed by atoms with van der Waals surface area (Å²) in [5.74, 6) is 0.204. The first kappa shape index (κ1) is 14.7. The molecule has 0 saturated carbocycles. The maximum absolute atomic E-state index is 14.0. The second kappa shape index (κ2) is 5.64. The standard InChI is InChI=1S/C16H15FN4O3/c17-10-8-9(18)2-3-11(10)24-12-4-5-19-14-13(12)15-21(16(22)20-14)6-1-7-23-15/h2-5,8,15H,1,6-7,18H2,(H,19,20,22). The summed E-state index contributed by atoms with van der Waals surface area (Å²) in [6.07, 6.45) is 1.65. The van der Waals surface area contributed by atoms with E-state index in [1.165, 1.54) is 18.3 Å². The fourth-order valence-electron chi connectivity index (χ4n) is 2.86. The number of carbonyl (C=O) groups excluding carboxylic acids is 1. The fourth-order valence-corrected chi connectivity index (χ4v) is 2.86. The Labute approximate surface area is 137 Å². The zero-order chi connectivity index (χ0) is 16.7. The lowest BCUT2D eigenvalue weighted by molar-refractivity contribution is -0.0749. The summed E-state index contributed by atoms with van der Waals surface area (Å²) in [5.41, 5.74) is 6.44. The number of benzene rings is 1. The molecule has 2 aliphatic rings. The average molecular weight is 330 g/mol. The number of fused-ring (bicyclic) bond motifs is 3. The summed E-state index contributed by atoms with van der Waals surface area (Å²) in [6.45, 7) is 1.10. The number of hydrogen-bond donors (Lipinski definition) is 2. The van der Waals surface area contributed by atoms with Crippen LogP contribution < -0.4 is 15.8 Å². The second-order valence-corrected chi connectivity index (χ2v) is 5.56. The third-order valence-corrected chi connectivity index (χ3v) is 3.96. The molecule has 2 aromatic rings. The highest BCUT2D eigenvalue weighted by molar-refractivity contribution is 5.92. The van der Waals surface area contributed by atoms with Gasteiger partial charge in [0.25, 0.3) is 0 Å². The van der Waals surface area contributed by atoms with Gasteiger partial charge in [-0.15, -0.1) is 0 Å². The third-order valence-electron chi connectivity index (χ3n) is 3.96. The van der Waals surface area contributed by atoms with Crippen molar-refractivity contribution in [3.05, 3.63) is 41.8 Å². The molecule has 124 valence electrons. The van der Waals surface area contributed by atoms with Gasteiger partial charge in [-0.3, -0.25) is 10.2 Å². The van der Waals surface area contributed by atoms with E-state index in [4.69, 9.17) is 15.2 Å². The van der Waals surface area contributed by atoms with Crippen LogP contribution in [-0.4, -0.2) is 29.1 Å². The lowest BCUT2D eigenvalue weighted by atomic mass is 10.1. The van der Waals surface area contributed by atoms with Crippen molar-refractivity contribution in [2.24, 2.45) is 0 Å². The molecule has 0 spiro atoms. The molecule has 1 aromatic heterocycles. The first-order valence-electron chi connectivity index (χ1n) is 7.54. The maximum Gasteiger partial charge on any atom is 0.325 e. The zero-order valence-electron chi connectivity index (χ0n) is 12.7. The minimum absolute atomic E-state index is 0.0388. The number of pyridine rings is 1. The Hall–Kier alpha value is -2.87. The van der Waals surface area contributed by atoms with E-state index in [1.807, 2.05) is 0 Å². The number of hydrogen-bond acceptors (Lipinski definition) is 5. The highest BCUT2D eigenvalue weighted by Gasteiger charge is 2.38. The molecule has 2 amide bonds. The van der Waals surface area contributed by atoms with Gasteiger partial charge in [-0.2, -0.15) is 0 Å². The average Bonchev–Trinajstić information content (AvgIpc) is 2.57. The van der Waals surface area contributed by atoms with Gasteiger partial charge in [0.15, 0.2) is 17.8 Å². The van der Waals surface area contributed by atoms with E-state index in [-0.39, 0.29) is 11.8 Å². The van der Waals surface area contributed by atoms with Crippen LogP contribution in [0.1, 0.15) is 18.2 Å². The van der Waals surface area contributed by atoms with E-state index in [9.17, 15) is 9.18 Å². The Bertz CT molecular complexity index is 814. The summed E-state index contributed by atoms with van der Waals surface area (Å²) >= 11 is 0. The lowest BCUT2D eigenvalue weighted by Gasteiger charge is -2.39. The van der Waals surface area contributed by atoms with Crippen LogP contribution in [-0.2, 0) is 4.74 Å². The third kappa shape index (κ3) is 2.41. The highest BCUT2D eigenvalue weighted by atomic mass is 19.1. The summed E-state index contributed by atoms with van der Waals surface area (Å²) < 4.78 is 25.5. The van der Waals surface area contributed by atoms with E-state index >= 15 is 0 Å². The number of nitrogen functional groups attached to an aromatic ring is 1. The molecule has 1 saturated heterocycles. The van der Waals surface area contributed by atoms with Crippen molar-refractivity contribution in [3.8, 4) is 11.5 Å². The van der Waals surface area contributed by atoms with Crippen molar-refractivity contribution in [2.45, 2.75) is 12.6 Å². The Kier molecular flexibility index (Phi) is 3.46. The number of halogens is 1. The predicted molar refractivity (Wildman–Crippen MR) is 84.2 cm³/mol. The van der Waals surface area contributed by atoms with Crippen LogP contribution >= 0.6 is 0 Å². The Morgan fingerprint density at radius 1 is 1.38 bits per heavy atom. The van der Waals surface area contributed by atoms with Gasteiger partial charge in [0, 0.05) is 24.5 Å². The van der Waals surface area contributed by atoms with Gasteiger partial charge in [-0.25, -0.2) is 14.2 Å². The molecule has 0 aliphatic carbocycles. The van der Waals surface area contributed by atoms with Crippen molar-refractivity contribution in [1.82, 2.24) is 9.88 Å². The van der Waals surface area contributed by atoms with Crippen LogP contribution in [0, 0.1) is 5.82 Å². The number of aromatic nitrogens is 1. The largest absolute Gasteiger partial charge is 0.454 e. The summed E-state index contributed by atoms with van der Waals surface area (Å²) in [7, 11) is 0. The van der Waals surface area contributed by atoms with Gasteiger partial charge in [0.1, 0.15) is 11.6 Å². The molecule has 1 aromatic carbocycles. The fraction of sp³-hybridized carbons (Fsp3) is 0.250. The van der Waals surface area contributed by atoms with Crippen LogP contribution in [0.25, 0.3) is 0 Å². The monoisotopic (exact) mass is 330 g/mol. The van der Waals surface area contributed by atoms with Crippen molar-refractivity contribution in [3.63, 3.8) is 0 Å². The van der Waals surface area contributed by atoms with Crippen LogP contribution in [0.4, 0.5) is 20.7 Å². The number of amides is 2. The van der Waals surface area contributed by atoms with E-state index < -0.39 is 12.0 Å². The second-order valence-electron chi connectivity index (χ2n) is 5.56. The molecule has 3 heterocycles. The van der Waals surface area contributed by atoms with E-state index in [0.717, 1.165) is 6.42 Å². The first-order chi connectivity index (χ1) is 11.6. The summed E-state index contributed by atoms with van der Waals surface area (Å²) in [4.78, 5) is 17.9. The molecule has 24 heavy (non-hydrogen) atoms. The lowest BCUT2D eigenvalue weighted by Crippen LogP contribution is -2.47. The van der Waals surface area contributed by atoms with Gasteiger partial charge in [-0.05, 0) is 24.6 Å². The van der Waals surface area contributed by atoms with Crippen LogP contribution in [0.5, 0.6) is 11.5 Å². The minimum atomic E-state index is -0.594. The van der Waals surface area contributed by atoms with Gasteiger partial charge in [0.2, 0.25) is 0 Å². The number of carbonyl (C=O) groups is 1. The first-order valence-corrected chi connectivity index (χ1v) is 7.54. The normalized spacial score (nSPS) is 19.3. The minimum Gasteiger partial charge on any atom is -0.454 e. The Morgan fingerprint density at radius 2 is 2.25 bits per heavy atom. The number of nitrogens with zero attached hydrogens (tertiary/aromatic N) is 2. The molecule has 1 atom stereocenters. The van der Waals surface area contributed by atoms with Crippen molar-refractivity contribution in [1.29, 1.82) is 0 Å². The highest BCUT2D eigenvalue weighted by Crippen LogP contribution is 2.42. The van der Waals surface area contributed by atoms with Crippen LogP contribution in [0.2, 0.25) is 0 Å². The Morgan fingerprint density at radius 3 is 3.08 bits per heavy atom. The number of urea groups is 1. The number of nitrogens with one attached hydrogen (secondary N) is 1. The molecule has 0 radical (unpaired) electrons. The quantitative estimate of drug-likeness (QED) is 0.827. The van der Waals surface area contributed by atoms with Crippen molar-refractivity contribution < 1.29 is 18.7 Å². The molecule has 0 bridgehead atoms. The van der Waals surface area contributed by atoms with Gasteiger partial charge >= 0.3 is 6.03 Å². The smallest absolute Gasteiger partial charge is 0.325 e. The van der Waals surface area contributed by atoms with Gasteiger partial charge in [0.05, 0.1) is 12.2 Å². The molecule has 8 heteroatoms. The molecular weight excluding hydrogens is 315 g/mol. The van der Waals surface area contributed by atoms with Gasteiger partial charge in [-0.1, -0.05) is 0 Å². The van der Waals surface area contributed by atoms with Crippen molar-refractivity contribution in [2.75, 3.05) is 24.2 Å². The Balaban J connectivity index is 1.75. The molecule has 1 fully saturated rings. The van der Waals surface area contributed by atoms with E-state index in [1.54, 1.807) is 17.0 Å². The predicted octanol–water partition coefficient (Wildman–Crippen LogP) is 2.86. The number of nitrogens with two attached hydrogens (primary N) is 1. The zero-order valence-corrected chi connectivity index (χ0v) is 12.7. The number of anilines is 2. The molecule has 1 unspecified atom stereocenters. The van der Waals surface area contributed by atoms with Crippen molar-refractivity contribution >= 4 is 17.5 Å². The van der Waals surface area contributed by atoms with E-state index in [0.29, 0.717) is 36.0 Å². The summed E-state index contributed by atoms with van der Waals surface area (Å²) in [6, 6.07) is 5.54. The molecule has 2 aliphatic heterocycles. The molecule has 4 rings (SSSR count). The number of rotatable bonds is 2.